The number of benzene rings is 1. The summed E-state index contributed by atoms with van der Waals surface area (Å²) in [4.78, 5) is 0. The largest absolute Gasteiger partial charge is 0.493 e. The van der Waals surface area contributed by atoms with E-state index in [1.165, 1.54) is 6.42 Å². The zero-order valence-corrected chi connectivity index (χ0v) is 13.3. The first-order chi connectivity index (χ1) is 9.72. The first-order valence-corrected chi connectivity index (χ1v) is 7.20. The summed E-state index contributed by atoms with van der Waals surface area (Å²) in [6.45, 7) is 2.59. The second-order valence-corrected chi connectivity index (χ2v) is 4.95. The number of unbranched alkanes of at least 4 members (excludes halogenated alkanes) is 2. The van der Waals surface area contributed by atoms with Gasteiger partial charge in [-0.25, -0.2) is 0 Å². The van der Waals surface area contributed by atoms with Crippen molar-refractivity contribution in [3.8, 4) is 11.5 Å². The maximum Gasteiger partial charge on any atom is 0.179 e. The Balaban J connectivity index is 2.39. The SMILES string of the molecule is COCCCCCNCc1cc(Cl)c(OC)c(OC)c1. The number of halogens is 1. The van der Waals surface area contributed by atoms with Crippen LogP contribution in [0.3, 0.4) is 0 Å². The fraction of sp³-hybridized carbons (Fsp3) is 0.600. The zero-order valence-electron chi connectivity index (χ0n) is 12.5. The molecule has 0 atom stereocenters. The summed E-state index contributed by atoms with van der Waals surface area (Å²) in [5.74, 6) is 1.24. The third-order valence-electron chi connectivity index (χ3n) is 3.02. The highest BCUT2D eigenvalue weighted by molar-refractivity contribution is 6.32. The van der Waals surface area contributed by atoms with Crippen LogP contribution in [0.1, 0.15) is 24.8 Å². The summed E-state index contributed by atoms with van der Waals surface area (Å²) >= 11 is 6.16. The highest BCUT2D eigenvalue weighted by Gasteiger charge is 2.10. The number of ether oxygens (including phenoxy) is 3. The van der Waals surface area contributed by atoms with Crippen LogP contribution >= 0.6 is 11.6 Å². The third kappa shape index (κ3) is 5.57. The average molecular weight is 302 g/mol. The molecule has 0 heterocycles. The molecule has 1 N–H and O–H groups in total. The molecule has 0 aliphatic rings. The summed E-state index contributed by atoms with van der Waals surface area (Å²) in [5, 5.41) is 3.97. The normalized spacial score (nSPS) is 10.6. The Morgan fingerprint density at radius 2 is 1.85 bits per heavy atom. The monoisotopic (exact) mass is 301 g/mol. The van der Waals surface area contributed by atoms with Crippen molar-refractivity contribution in [3.63, 3.8) is 0 Å². The fourth-order valence-corrected chi connectivity index (χ4v) is 2.29. The van der Waals surface area contributed by atoms with Crippen molar-refractivity contribution in [2.24, 2.45) is 0 Å². The minimum atomic E-state index is 0.573. The van der Waals surface area contributed by atoms with Gasteiger partial charge >= 0.3 is 0 Å². The molecule has 20 heavy (non-hydrogen) atoms. The van der Waals surface area contributed by atoms with Crippen LogP contribution in [0.5, 0.6) is 11.5 Å². The van der Waals surface area contributed by atoms with Crippen LogP contribution in [0.25, 0.3) is 0 Å². The van der Waals surface area contributed by atoms with Crippen molar-refractivity contribution in [1.29, 1.82) is 0 Å². The molecule has 1 aromatic rings. The molecule has 0 amide bonds. The molecule has 5 heteroatoms. The Bertz CT molecular complexity index is 399. The Hall–Kier alpha value is -0.970. The summed E-state index contributed by atoms with van der Waals surface area (Å²) in [6, 6.07) is 3.85. The Kier molecular flexibility index (Phi) is 8.42. The Labute approximate surface area is 126 Å². The molecule has 0 aromatic heterocycles. The summed E-state index contributed by atoms with van der Waals surface area (Å²) < 4.78 is 15.5. The molecule has 0 unspecified atom stereocenters. The first kappa shape index (κ1) is 17.1. The van der Waals surface area contributed by atoms with E-state index in [2.05, 4.69) is 5.32 Å². The van der Waals surface area contributed by atoms with Gasteiger partial charge in [0.2, 0.25) is 0 Å². The predicted molar refractivity (Wildman–Crippen MR) is 82.0 cm³/mol. The molecule has 0 aliphatic carbocycles. The minimum Gasteiger partial charge on any atom is -0.493 e. The number of hydrogen-bond acceptors (Lipinski definition) is 4. The van der Waals surface area contributed by atoms with Gasteiger partial charge in [0.05, 0.1) is 19.2 Å². The van der Waals surface area contributed by atoms with Gasteiger partial charge in [0.1, 0.15) is 0 Å². The predicted octanol–water partition coefficient (Wildman–Crippen LogP) is 3.26. The molecule has 0 bridgehead atoms. The topological polar surface area (TPSA) is 39.7 Å². The highest BCUT2D eigenvalue weighted by Crippen LogP contribution is 2.35. The van der Waals surface area contributed by atoms with E-state index >= 15 is 0 Å². The van der Waals surface area contributed by atoms with Crippen LogP contribution in [-0.2, 0) is 11.3 Å². The van der Waals surface area contributed by atoms with Crippen molar-refractivity contribution in [1.82, 2.24) is 5.32 Å². The quantitative estimate of drug-likeness (QED) is 0.673. The molecule has 0 fully saturated rings. The summed E-state index contributed by atoms with van der Waals surface area (Å²) in [7, 11) is 4.93. The molecule has 114 valence electrons. The molecule has 0 radical (unpaired) electrons. The van der Waals surface area contributed by atoms with E-state index in [1.54, 1.807) is 21.3 Å². The van der Waals surface area contributed by atoms with E-state index in [0.29, 0.717) is 16.5 Å². The lowest BCUT2D eigenvalue weighted by molar-refractivity contribution is 0.192. The minimum absolute atomic E-state index is 0.573. The van der Waals surface area contributed by atoms with Crippen LogP contribution in [0.15, 0.2) is 12.1 Å². The number of nitrogens with one attached hydrogen (secondary N) is 1. The smallest absolute Gasteiger partial charge is 0.179 e. The van der Waals surface area contributed by atoms with E-state index < -0.39 is 0 Å². The molecular weight excluding hydrogens is 278 g/mol. The highest BCUT2D eigenvalue weighted by atomic mass is 35.5. The molecule has 0 aliphatic heterocycles. The lowest BCUT2D eigenvalue weighted by atomic mass is 10.2. The van der Waals surface area contributed by atoms with Crippen LogP contribution in [0.2, 0.25) is 5.02 Å². The van der Waals surface area contributed by atoms with Crippen LogP contribution in [0, 0.1) is 0 Å². The van der Waals surface area contributed by atoms with Gasteiger partial charge in [-0.3, -0.25) is 0 Å². The van der Waals surface area contributed by atoms with Crippen LogP contribution < -0.4 is 14.8 Å². The van der Waals surface area contributed by atoms with Gasteiger partial charge in [-0.15, -0.1) is 0 Å². The first-order valence-electron chi connectivity index (χ1n) is 6.83. The maximum atomic E-state index is 6.16. The molecular formula is C15H24ClNO3. The van der Waals surface area contributed by atoms with Gasteiger partial charge in [-0.1, -0.05) is 11.6 Å². The van der Waals surface area contributed by atoms with Gasteiger partial charge in [0.25, 0.3) is 0 Å². The molecule has 1 rings (SSSR count). The van der Waals surface area contributed by atoms with Crippen molar-refractivity contribution in [2.75, 3.05) is 34.5 Å². The van der Waals surface area contributed by atoms with Gasteiger partial charge in [0, 0.05) is 20.3 Å². The third-order valence-corrected chi connectivity index (χ3v) is 3.31. The van der Waals surface area contributed by atoms with Gasteiger partial charge < -0.3 is 19.5 Å². The Morgan fingerprint density at radius 3 is 2.50 bits per heavy atom. The molecule has 0 saturated carbocycles. The fourth-order valence-electron chi connectivity index (χ4n) is 1.98. The van der Waals surface area contributed by atoms with Gasteiger partial charge in [-0.2, -0.15) is 0 Å². The lowest BCUT2D eigenvalue weighted by Crippen LogP contribution is -2.15. The molecule has 0 saturated heterocycles. The number of hydrogen-bond donors (Lipinski definition) is 1. The van der Waals surface area contributed by atoms with Crippen molar-refractivity contribution in [2.45, 2.75) is 25.8 Å². The maximum absolute atomic E-state index is 6.16. The van der Waals surface area contributed by atoms with E-state index in [9.17, 15) is 0 Å². The van der Waals surface area contributed by atoms with E-state index in [1.807, 2.05) is 12.1 Å². The number of rotatable bonds is 10. The average Bonchev–Trinajstić information content (AvgIpc) is 2.45. The standard InChI is InChI=1S/C15H24ClNO3/c1-18-8-6-4-5-7-17-11-12-9-13(16)15(20-3)14(10-12)19-2/h9-10,17H,4-8,11H2,1-3H3. The lowest BCUT2D eigenvalue weighted by Gasteiger charge is -2.12. The van der Waals surface area contributed by atoms with E-state index in [-0.39, 0.29) is 0 Å². The Morgan fingerprint density at radius 1 is 1.05 bits per heavy atom. The van der Waals surface area contributed by atoms with Crippen LogP contribution in [-0.4, -0.2) is 34.5 Å². The zero-order chi connectivity index (χ0) is 14.8. The molecule has 4 nitrogen and oxygen atoms in total. The van der Waals surface area contributed by atoms with Crippen molar-refractivity contribution in [3.05, 3.63) is 22.7 Å². The second-order valence-electron chi connectivity index (χ2n) is 4.54. The van der Waals surface area contributed by atoms with Crippen LogP contribution in [0.4, 0.5) is 0 Å². The summed E-state index contributed by atoms with van der Waals surface area (Å²) in [6.07, 6.45) is 3.43. The molecule has 1 aromatic carbocycles. The van der Waals surface area contributed by atoms with Crippen molar-refractivity contribution < 1.29 is 14.2 Å². The van der Waals surface area contributed by atoms with E-state index in [0.717, 1.165) is 38.1 Å². The summed E-state index contributed by atoms with van der Waals surface area (Å²) in [5.41, 5.74) is 1.09. The molecule has 0 spiro atoms. The second kappa shape index (κ2) is 9.86. The van der Waals surface area contributed by atoms with Crippen molar-refractivity contribution >= 4 is 11.6 Å². The van der Waals surface area contributed by atoms with Gasteiger partial charge in [-0.05, 0) is 43.5 Å². The number of methoxy groups -OCH3 is 3. The van der Waals surface area contributed by atoms with E-state index in [4.69, 9.17) is 25.8 Å². The van der Waals surface area contributed by atoms with Gasteiger partial charge in [0.15, 0.2) is 11.5 Å².